The molecule has 2 aromatic rings. The molecule has 0 aliphatic carbocycles. The van der Waals surface area contributed by atoms with Crippen LogP contribution in [0, 0.1) is 5.82 Å². The summed E-state index contributed by atoms with van der Waals surface area (Å²) in [4.78, 5) is 0. The highest BCUT2D eigenvalue weighted by Gasteiger charge is 2.13. The monoisotopic (exact) mass is 293 g/mol. The van der Waals surface area contributed by atoms with Crippen LogP contribution in [0.25, 0.3) is 0 Å². The molecule has 1 unspecified atom stereocenters. The van der Waals surface area contributed by atoms with Gasteiger partial charge in [0.1, 0.15) is 5.82 Å². The Morgan fingerprint density at radius 2 is 2.15 bits per heavy atom. The summed E-state index contributed by atoms with van der Waals surface area (Å²) in [5, 5.41) is 11.3. The smallest absolute Gasteiger partial charge is 0.141 e. The van der Waals surface area contributed by atoms with Gasteiger partial charge >= 0.3 is 0 Å². The van der Waals surface area contributed by atoms with E-state index in [4.69, 9.17) is 11.6 Å². The molecule has 0 aliphatic rings. The molecule has 20 heavy (non-hydrogen) atoms. The van der Waals surface area contributed by atoms with Crippen molar-refractivity contribution in [2.75, 3.05) is 6.54 Å². The molecule has 5 heteroatoms. The van der Waals surface area contributed by atoms with Gasteiger partial charge in [0.25, 0.3) is 0 Å². The second-order valence-electron chi connectivity index (χ2n) is 4.64. The fourth-order valence-electron chi connectivity index (χ4n) is 2.04. The second-order valence-corrected chi connectivity index (χ2v) is 5.04. The third-order valence-corrected chi connectivity index (χ3v) is 3.36. The van der Waals surface area contributed by atoms with Crippen LogP contribution in [0.2, 0.25) is 5.02 Å². The first-order valence-corrected chi connectivity index (χ1v) is 7.02. The average molecular weight is 294 g/mol. The first kappa shape index (κ1) is 14.9. The summed E-state index contributed by atoms with van der Waals surface area (Å²) >= 11 is 5.83. The number of benzene rings is 1. The van der Waals surface area contributed by atoms with Gasteiger partial charge in [-0.1, -0.05) is 24.6 Å². The summed E-state index contributed by atoms with van der Waals surface area (Å²) in [6.07, 6.45) is 5.19. The van der Waals surface area contributed by atoms with Crippen LogP contribution < -0.4 is 5.32 Å². The maximum Gasteiger partial charge on any atom is 0.141 e. The van der Waals surface area contributed by atoms with Crippen LogP contribution in [0.15, 0.2) is 36.7 Å². The van der Waals surface area contributed by atoms with Gasteiger partial charge in [0, 0.05) is 12.2 Å². The molecule has 1 N–H and O–H groups in total. The van der Waals surface area contributed by atoms with Crippen LogP contribution in [0.5, 0.6) is 0 Å². The molecule has 0 saturated heterocycles. The predicted molar refractivity (Wildman–Crippen MR) is 78.2 cm³/mol. The highest BCUT2D eigenvalue weighted by Crippen LogP contribution is 2.21. The Morgan fingerprint density at radius 1 is 1.30 bits per heavy atom. The molecule has 2 rings (SSSR count). The number of nitrogens with one attached hydrogen (secondary N) is 1. The van der Waals surface area contributed by atoms with Crippen molar-refractivity contribution in [1.29, 1.82) is 0 Å². The van der Waals surface area contributed by atoms with Crippen molar-refractivity contribution in [3.63, 3.8) is 0 Å². The van der Waals surface area contributed by atoms with Crippen LogP contribution in [0.4, 0.5) is 4.39 Å². The summed E-state index contributed by atoms with van der Waals surface area (Å²) in [5.74, 6) is -0.390. The van der Waals surface area contributed by atoms with Gasteiger partial charge in [0.2, 0.25) is 0 Å². The van der Waals surface area contributed by atoms with E-state index in [0.29, 0.717) is 0 Å². The minimum Gasteiger partial charge on any atom is -0.310 e. The lowest BCUT2D eigenvalue weighted by molar-refractivity contribution is 0.526. The Hall–Kier alpha value is -1.52. The molecular weight excluding hydrogens is 277 g/mol. The number of aromatic nitrogens is 2. The van der Waals surface area contributed by atoms with Gasteiger partial charge in [0.15, 0.2) is 0 Å². The summed E-state index contributed by atoms with van der Waals surface area (Å²) in [6.45, 7) is 3.02. The van der Waals surface area contributed by atoms with Crippen LogP contribution in [-0.4, -0.2) is 16.7 Å². The van der Waals surface area contributed by atoms with Gasteiger partial charge in [-0.05, 0) is 48.7 Å². The Kier molecular flexibility index (Phi) is 5.44. The van der Waals surface area contributed by atoms with Gasteiger partial charge in [-0.2, -0.15) is 10.2 Å². The van der Waals surface area contributed by atoms with Crippen molar-refractivity contribution in [1.82, 2.24) is 15.5 Å². The molecule has 3 nitrogen and oxygen atoms in total. The molecule has 0 amide bonds. The first-order valence-electron chi connectivity index (χ1n) is 6.64. The van der Waals surface area contributed by atoms with E-state index in [2.05, 4.69) is 22.4 Å². The van der Waals surface area contributed by atoms with E-state index in [9.17, 15) is 4.39 Å². The van der Waals surface area contributed by atoms with Crippen LogP contribution in [-0.2, 0) is 6.42 Å². The van der Waals surface area contributed by atoms with E-state index < -0.39 is 0 Å². The third-order valence-electron chi connectivity index (χ3n) is 3.07. The summed E-state index contributed by atoms with van der Waals surface area (Å²) in [7, 11) is 0. The molecule has 106 valence electrons. The minimum atomic E-state index is -0.390. The summed E-state index contributed by atoms with van der Waals surface area (Å²) in [6, 6.07) is 6.89. The maximum absolute atomic E-state index is 13.2. The fourth-order valence-corrected chi connectivity index (χ4v) is 2.24. The van der Waals surface area contributed by atoms with Crippen LogP contribution >= 0.6 is 11.6 Å². The Morgan fingerprint density at radius 3 is 2.80 bits per heavy atom. The van der Waals surface area contributed by atoms with Gasteiger partial charge in [-0.25, -0.2) is 4.39 Å². The maximum atomic E-state index is 13.2. The number of nitrogens with zero attached hydrogens (tertiary/aromatic N) is 2. The predicted octanol–water partition coefficient (Wildman–Crippen LogP) is 3.55. The van der Waals surface area contributed by atoms with E-state index in [1.807, 2.05) is 6.07 Å². The van der Waals surface area contributed by atoms with Gasteiger partial charge in [-0.15, -0.1) is 0 Å². The SMILES string of the molecule is CCCNC(Cc1ccc(F)c(Cl)c1)c1ccnnc1. The molecule has 1 aromatic carbocycles. The average Bonchev–Trinajstić information content (AvgIpc) is 2.48. The quantitative estimate of drug-likeness (QED) is 0.885. The van der Waals surface area contributed by atoms with Crippen molar-refractivity contribution >= 4 is 11.6 Å². The van der Waals surface area contributed by atoms with Gasteiger partial charge < -0.3 is 5.32 Å². The van der Waals surface area contributed by atoms with E-state index >= 15 is 0 Å². The van der Waals surface area contributed by atoms with Crippen molar-refractivity contribution in [3.05, 3.63) is 58.6 Å². The number of halogens is 2. The van der Waals surface area contributed by atoms with Crippen LogP contribution in [0.1, 0.15) is 30.5 Å². The van der Waals surface area contributed by atoms with E-state index in [1.54, 1.807) is 24.5 Å². The highest BCUT2D eigenvalue weighted by molar-refractivity contribution is 6.30. The number of hydrogen-bond donors (Lipinski definition) is 1. The Bertz CT molecular complexity index is 548. The zero-order chi connectivity index (χ0) is 14.4. The highest BCUT2D eigenvalue weighted by atomic mass is 35.5. The van der Waals surface area contributed by atoms with Crippen molar-refractivity contribution in [2.45, 2.75) is 25.8 Å². The standard InChI is InChI=1S/C15H17ClFN3/c1-2-6-18-15(12-5-7-19-20-10-12)9-11-3-4-14(17)13(16)8-11/h3-5,7-8,10,15,18H,2,6,9H2,1H3. The molecule has 1 heterocycles. The summed E-state index contributed by atoms with van der Waals surface area (Å²) in [5.41, 5.74) is 2.05. The van der Waals surface area contributed by atoms with Crippen molar-refractivity contribution in [3.8, 4) is 0 Å². The molecule has 0 radical (unpaired) electrons. The van der Waals surface area contributed by atoms with E-state index in [1.165, 1.54) is 6.07 Å². The zero-order valence-electron chi connectivity index (χ0n) is 11.3. The van der Waals surface area contributed by atoms with Crippen LogP contribution in [0.3, 0.4) is 0 Å². The molecule has 1 atom stereocenters. The lowest BCUT2D eigenvalue weighted by Crippen LogP contribution is -2.24. The molecule has 0 spiro atoms. The third kappa shape index (κ3) is 3.99. The Labute approximate surface area is 123 Å². The van der Waals surface area contributed by atoms with Gasteiger partial charge in [-0.3, -0.25) is 0 Å². The second kappa shape index (κ2) is 7.31. The Balaban J connectivity index is 2.17. The number of rotatable bonds is 6. The van der Waals surface area contributed by atoms with E-state index in [0.717, 1.165) is 30.5 Å². The van der Waals surface area contributed by atoms with Crippen molar-refractivity contribution < 1.29 is 4.39 Å². The normalized spacial score (nSPS) is 12.3. The fraction of sp³-hybridized carbons (Fsp3) is 0.333. The zero-order valence-corrected chi connectivity index (χ0v) is 12.1. The number of hydrogen-bond acceptors (Lipinski definition) is 3. The largest absolute Gasteiger partial charge is 0.310 e. The van der Waals surface area contributed by atoms with Gasteiger partial charge in [0.05, 0.1) is 11.2 Å². The first-order chi connectivity index (χ1) is 9.70. The lowest BCUT2D eigenvalue weighted by atomic mass is 10.0. The molecule has 0 aliphatic heterocycles. The molecule has 0 bridgehead atoms. The molecule has 0 fully saturated rings. The lowest BCUT2D eigenvalue weighted by Gasteiger charge is -2.18. The minimum absolute atomic E-state index is 0.118. The van der Waals surface area contributed by atoms with E-state index in [-0.39, 0.29) is 16.9 Å². The molecule has 1 aromatic heterocycles. The topological polar surface area (TPSA) is 37.8 Å². The molecule has 0 saturated carbocycles. The summed E-state index contributed by atoms with van der Waals surface area (Å²) < 4.78 is 13.2. The molecular formula is C15H17ClFN3. The van der Waals surface area contributed by atoms with Crippen molar-refractivity contribution in [2.24, 2.45) is 0 Å².